The molecule has 9 heteroatoms. The number of benzene rings is 2. The van der Waals surface area contributed by atoms with Gasteiger partial charge in [0.25, 0.3) is 0 Å². The van der Waals surface area contributed by atoms with Crippen LogP contribution in [0, 0.1) is 0 Å². The quantitative estimate of drug-likeness (QED) is 0.189. The average Bonchev–Trinajstić information content (AvgIpc) is 3.70. The van der Waals surface area contributed by atoms with Crippen molar-refractivity contribution in [3.05, 3.63) is 65.7 Å². The Morgan fingerprint density at radius 3 is 2.23 bits per heavy atom. The Kier molecular flexibility index (Phi) is 9.34. The van der Waals surface area contributed by atoms with Crippen LogP contribution in [0.15, 0.2) is 48.5 Å². The third-order valence-corrected chi connectivity index (χ3v) is 7.66. The summed E-state index contributed by atoms with van der Waals surface area (Å²) in [6.07, 6.45) is 9.19. The van der Waals surface area contributed by atoms with Gasteiger partial charge < -0.3 is 9.47 Å². The van der Waals surface area contributed by atoms with Crippen LogP contribution in [0.25, 0.3) is 22.5 Å². The average molecular weight is 544 g/mol. The van der Waals surface area contributed by atoms with E-state index in [1.165, 1.54) is 24.8 Å². The van der Waals surface area contributed by atoms with Gasteiger partial charge in [-0.3, -0.25) is 0 Å². The van der Waals surface area contributed by atoms with Crippen LogP contribution in [-0.4, -0.2) is 48.6 Å². The van der Waals surface area contributed by atoms with Crippen LogP contribution in [0.4, 0.5) is 0 Å². The number of nitrogens with one attached hydrogen (secondary N) is 1. The maximum Gasteiger partial charge on any atom is 0.231 e. The fourth-order valence-electron chi connectivity index (χ4n) is 5.52. The summed E-state index contributed by atoms with van der Waals surface area (Å²) in [6, 6.07) is 17.2. The van der Waals surface area contributed by atoms with Gasteiger partial charge in [0, 0.05) is 18.4 Å². The third-order valence-electron chi connectivity index (χ3n) is 7.66. The first-order valence-corrected chi connectivity index (χ1v) is 14.8. The smallest absolute Gasteiger partial charge is 0.231 e. The Balaban J connectivity index is 1.46. The number of aromatic nitrogens is 7. The highest BCUT2D eigenvalue weighted by molar-refractivity contribution is 5.80. The van der Waals surface area contributed by atoms with Crippen molar-refractivity contribution in [1.29, 1.82) is 0 Å². The van der Waals surface area contributed by atoms with E-state index < -0.39 is 5.79 Å². The van der Waals surface area contributed by atoms with Crippen molar-refractivity contribution >= 4 is 0 Å². The van der Waals surface area contributed by atoms with Gasteiger partial charge in [-0.25, -0.2) is 14.8 Å². The molecule has 1 fully saturated rings. The number of ether oxygens (including phenoxy) is 2. The highest BCUT2D eigenvalue weighted by Gasteiger charge is 2.38. The van der Waals surface area contributed by atoms with Gasteiger partial charge in [-0.2, -0.15) is 0 Å². The van der Waals surface area contributed by atoms with E-state index >= 15 is 0 Å². The molecule has 1 N–H and O–H groups in total. The first-order valence-electron chi connectivity index (χ1n) is 14.8. The molecular formula is C31H41N7O2. The number of hydrogen-bond donors (Lipinski definition) is 1. The van der Waals surface area contributed by atoms with E-state index in [1.54, 1.807) is 0 Å². The lowest BCUT2D eigenvalue weighted by Crippen LogP contribution is -2.35. The predicted octanol–water partition coefficient (Wildman–Crippen LogP) is 6.64. The second kappa shape index (κ2) is 13.3. The molecule has 2 aromatic heterocycles. The summed E-state index contributed by atoms with van der Waals surface area (Å²) in [5.41, 5.74) is 4.34. The normalized spacial score (nSPS) is 14.6. The number of tetrazole rings is 1. The van der Waals surface area contributed by atoms with Crippen LogP contribution in [0.5, 0.6) is 0 Å². The molecule has 0 radical (unpaired) electrons. The Bertz CT molecular complexity index is 1320. The molecule has 40 heavy (non-hydrogen) atoms. The third kappa shape index (κ3) is 6.15. The second-order valence-electron chi connectivity index (χ2n) is 10.6. The van der Waals surface area contributed by atoms with Gasteiger partial charge in [-0.1, -0.05) is 88.6 Å². The SMILES string of the molecule is CCCOC(CC)(OCCC)c1nc(Cc2ccc(-c3ccccc3-c3nnn[nH]3)cc2)n(C2CCCCC2)n1. The van der Waals surface area contributed by atoms with Crippen molar-refractivity contribution in [2.24, 2.45) is 0 Å². The van der Waals surface area contributed by atoms with Gasteiger partial charge >= 0.3 is 0 Å². The molecule has 0 spiro atoms. The molecule has 0 unspecified atom stereocenters. The molecule has 0 atom stereocenters. The topological polar surface area (TPSA) is 104 Å². The number of nitrogens with zero attached hydrogens (tertiary/aromatic N) is 6. The van der Waals surface area contributed by atoms with E-state index in [0.29, 0.717) is 43.7 Å². The van der Waals surface area contributed by atoms with Crippen molar-refractivity contribution in [3.8, 4) is 22.5 Å². The van der Waals surface area contributed by atoms with Crippen LogP contribution in [0.3, 0.4) is 0 Å². The summed E-state index contributed by atoms with van der Waals surface area (Å²) in [5, 5.41) is 19.6. The summed E-state index contributed by atoms with van der Waals surface area (Å²) < 4.78 is 14.9. The molecule has 1 aliphatic carbocycles. The second-order valence-corrected chi connectivity index (χ2v) is 10.6. The summed E-state index contributed by atoms with van der Waals surface area (Å²) >= 11 is 0. The van der Waals surface area contributed by atoms with E-state index in [1.807, 2.05) is 18.2 Å². The molecule has 1 aliphatic rings. The predicted molar refractivity (Wildman–Crippen MR) is 154 cm³/mol. The van der Waals surface area contributed by atoms with Crippen LogP contribution in [0.2, 0.25) is 0 Å². The van der Waals surface area contributed by atoms with Crippen molar-refractivity contribution in [2.75, 3.05) is 13.2 Å². The number of rotatable bonds is 13. The molecule has 5 rings (SSSR count). The minimum absolute atomic E-state index is 0.360. The fraction of sp³-hybridized carbons (Fsp3) is 0.516. The molecule has 2 heterocycles. The van der Waals surface area contributed by atoms with Crippen molar-refractivity contribution in [1.82, 2.24) is 35.4 Å². The number of aromatic amines is 1. The Morgan fingerprint density at radius 2 is 1.60 bits per heavy atom. The van der Waals surface area contributed by atoms with Gasteiger partial charge in [0.2, 0.25) is 11.6 Å². The van der Waals surface area contributed by atoms with E-state index in [9.17, 15) is 0 Å². The largest absolute Gasteiger partial charge is 0.343 e. The molecule has 9 nitrogen and oxygen atoms in total. The fourth-order valence-corrected chi connectivity index (χ4v) is 5.52. The van der Waals surface area contributed by atoms with E-state index in [4.69, 9.17) is 19.6 Å². The molecule has 0 aliphatic heterocycles. The minimum Gasteiger partial charge on any atom is -0.343 e. The zero-order valence-electron chi connectivity index (χ0n) is 24.0. The van der Waals surface area contributed by atoms with Gasteiger partial charge in [0.1, 0.15) is 5.82 Å². The molecule has 1 saturated carbocycles. The first kappa shape index (κ1) is 28.1. The van der Waals surface area contributed by atoms with Gasteiger partial charge in [-0.05, 0) is 52.8 Å². The standard InChI is InChI=1S/C31H41N7O2/c1-4-20-39-31(6-3,40-21-5-2)30-32-28(38(35-30)25-12-8-7-9-13-25)22-23-16-18-24(19-17-23)26-14-10-11-15-27(26)29-33-36-37-34-29/h10-11,14-19,25H,4-9,12-13,20-22H2,1-3H3,(H,33,34,36,37). The zero-order chi connectivity index (χ0) is 27.8. The van der Waals surface area contributed by atoms with Gasteiger partial charge in [-0.15, -0.1) is 10.2 Å². The lowest BCUT2D eigenvalue weighted by atomic mass is 9.95. The summed E-state index contributed by atoms with van der Waals surface area (Å²) in [7, 11) is 0. The van der Waals surface area contributed by atoms with Crippen LogP contribution >= 0.6 is 0 Å². The van der Waals surface area contributed by atoms with Gasteiger partial charge in [0.05, 0.1) is 19.3 Å². The molecule has 212 valence electrons. The van der Waals surface area contributed by atoms with Crippen molar-refractivity contribution in [3.63, 3.8) is 0 Å². The summed E-state index contributed by atoms with van der Waals surface area (Å²) in [4.78, 5) is 5.13. The van der Waals surface area contributed by atoms with Crippen LogP contribution in [0.1, 0.15) is 95.4 Å². The maximum absolute atomic E-state index is 6.35. The molecule has 0 amide bonds. The van der Waals surface area contributed by atoms with E-state index in [0.717, 1.165) is 48.2 Å². The Hall–Kier alpha value is -3.43. The first-order chi connectivity index (χ1) is 19.7. The molecular weight excluding hydrogens is 502 g/mol. The van der Waals surface area contributed by atoms with Crippen molar-refractivity contribution < 1.29 is 9.47 Å². The molecule has 0 bridgehead atoms. The highest BCUT2D eigenvalue weighted by Crippen LogP contribution is 2.34. The lowest BCUT2D eigenvalue weighted by Gasteiger charge is -2.30. The van der Waals surface area contributed by atoms with Crippen LogP contribution < -0.4 is 0 Å². The summed E-state index contributed by atoms with van der Waals surface area (Å²) in [5.74, 6) is 1.37. The van der Waals surface area contributed by atoms with E-state index in [-0.39, 0.29) is 0 Å². The zero-order valence-corrected chi connectivity index (χ0v) is 24.0. The summed E-state index contributed by atoms with van der Waals surface area (Å²) in [6.45, 7) is 7.54. The number of hydrogen-bond acceptors (Lipinski definition) is 7. The molecule has 0 saturated heterocycles. The minimum atomic E-state index is -0.913. The molecule has 4 aromatic rings. The highest BCUT2D eigenvalue weighted by atomic mass is 16.7. The molecule has 2 aromatic carbocycles. The number of H-pyrrole nitrogens is 1. The Morgan fingerprint density at radius 1 is 0.900 bits per heavy atom. The lowest BCUT2D eigenvalue weighted by molar-refractivity contribution is -0.253. The maximum atomic E-state index is 6.35. The van der Waals surface area contributed by atoms with Gasteiger partial charge in [0.15, 0.2) is 5.82 Å². The Labute approximate surface area is 236 Å². The van der Waals surface area contributed by atoms with E-state index in [2.05, 4.69) is 76.4 Å². The monoisotopic (exact) mass is 543 g/mol. The van der Waals surface area contributed by atoms with Crippen LogP contribution in [-0.2, 0) is 21.7 Å². The van der Waals surface area contributed by atoms with Crippen molar-refractivity contribution in [2.45, 2.75) is 90.4 Å².